The maximum atomic E-state index is 6.57. The van der Waals surface area contributed by atoms with Crippen LogP contribution in [0.4, 0.5) is 0 Å². The summed E-state index contributed by atoms with van der Waals surface area (Å²) in [6, 6.07) is 4.47. The summed E-state index contributed by atoms with van der Waals surface area (Å²) in [5, 5.41) is 4.52. The monoisotopic (exact) mass is 297 g/mol. The first kappa shape index (κ1) is 14.9. The maximum Gasteiger partial charge on any atom is 0.0513 e. The highest BCUT2D eigenvalue weighted by Crippen LogP contribution is 2.49. The lowest BCUT2D eigenvalue weighted by Crippen LogP contribution is -2.30. The molecule has 1 heterocycles. The van der Waals surface area contributed by atoms with E-state index >= 15 is 0 Å². The molecule has 2 atom stereocenters. The van der Waals surface area contributed by atoms with Gasteiger partial charge in [-0.1, -0.05) is 42.8 Å². The van der Waals surface area contributed by atoms with Crippen molar-refractivity contribution in [3.63, 3.8) is 0 Å². The zero-order valence-corrected chi connectivity index (χ0v) is 13.1. The molecule has 2 unspecified atom stereocenters. The van der Waals surface area contributed by atoms with Gasteiger partial charge < -0.3 is 5.32 Å². The van der Waals surface area contributed by atoms with Crippen LogP contribution in [0.15, 0.2) is 18.2 Å². The molecule has 3 heteroatoms. The first-order valence-corrected chi connectivity index (χ1v) is 7.18. The summed E-state index contributed by atoms with van der Waals surface area (Å²) in [5.41, 5.74) is 4.45. The summed E-state index contributed by atoms with van der Waals surface area (Å²) in [7, 11) is 0. The summed E-state index contributed by atoms with van der Waals surface area (Å²) in [5.74, 6) is 0.637. The van der Waals surface area contributed by atoms with Gasteiger partial charge >= 0.3 is 0 Å². The molecule has 1 N–H and O–H groups in total. The van der Waals surface area contributed by atoms with Crippen molar-refractivity contribution in [2.45, 2.75) is 32.6 Å². The highest BCUT2D eigenvalue weighted by Gasteiger charge is 2.43. The molecule has 0 radical (unpaired) electrons. The fourth-order valence-corrected chi connectivity index (χ4v) is 3.90. The van der Waals surface area contributed by atoms with Crippen LogP contribution in [-0.4, -0.2) is 13.1 Å². The largest absolute Gasteiger partial charge is 0.316 e. The van der Waals surface area contributed by atoms with Gasteiger partial charge in [0.25, 0.3) is 0 Å². The quantitative estimate of drug-likeness (QED) is 0.808. The normalized spacial score (nSPS) is 28.9. The molecule has 1 aliphatic carbocycles. The van der Waals surface area contributed by atoms with Crippen LogP contribution in [0.1, 0.15) is 42.9 Å². The fraction of sp³-hybridized carbons (Fsp3) is 0.500. The summed E-state index contributed by atoms with van der Waals surface area (Å²) in [6.07, 6.45) is 6.52. The molecule has 1 nitrogen and oxygen atoms in total. The van der Waals surface area contributed by atoms with E-state index in [4.69, 9.17) is 11.6 Å². The minimum atomic E-state index is 0. The van der Waals surface area contributed by atoms with E-state index in [0.29, 0.717) is 11.3 Å². The van der Waals surface area contributed by atoms with Crippen molar-refractivity contribution >= 4 is 30.1 Å². The highest BCUT2D eigenvalue weighted by molar-refractivity contribution is 6.33. The molecule has 0 amide bonds. The number of hydrogen-bond donors (Lipinski definition) is 1. The van der Waals surface area contributed by atoms with Crippen LogP contribution in [0, 0.1) is 5.41 Å². The Morgan fingerprint density at radius 3 is 2.95 bits per heavy atom. The smallest absolute Gasteiger partial charge is 0.0513 e. The lowest BCUT2D eigenvalue weighted by atomic mass is 9.67. The Morgan fingerprint density at radius 1 is 1.42 bits per heavy atom. The van der Waals surface area contributed by atoms with Gasteiger partial charge in [0.05, 0.1) is 5.02 Å². The summed E-state index contributed by atoms with van der Waals surface area (Å²) in [6.45, 7) is 6.69. The number of nitrogens with one attached hydrogen (secondary N) is 1. The number of rotatable bonds is 1. The zero-order chi connectivity index (χ0) is 12.8. The predicted octanol–water partition coefficient (Wildman–Crippen LogP) is 4.43. The van der Waals surface area contributed by atoms with Crippen molar-refractivity contribution in [2.24, 2.45) is 5.41 Å². The molecule has 2 aliphatic rings. The molecule has 0 saturated carbocycles. The maximum absolute atomic E-state index is 6.57. The van der Waals surface area contributed by atoms with Gasteiger partial charge in [-0.3, -0.25) is 0 Å². The third kappa shape index (κ3) is 2.33. The minimum absolute atomic E-state index is 0. The Bertz CT molecular complexity index is 510. The topological polar surface area (TPSA) is 12.0 Å². The second-order valence-corrected chi connectivity index (χ2v) is 6.25. The molecule has 1 aromatic carbocycles. The molecule has 1 fully saturated rings. The van der Waals surface area contributed by atoms with Gasteiger partial charge in [0, 0.05) is 19.0 Å². The Morgan fingerprint density at radius 2 is 2.21 bits per heavy atom. The van der Waals surface area contributed by atoms with Gasteiger partial charge in [0.15, 0.2) is 0 Å². The Hall–Kier alpha value is -0.500. The van der Waals surface area contributed by atoms with Crippen LogP contribution in [0.3, 0.4) is 0 Å². The molecule has 1 saturated heterocycles. The summed E-state index contributed by atoms with van der Waals surface area (Å²) < 4.78 is 0. The number of hydrogen-bond acceptors (Lipinski definition) is 1. The zero-order valence-electron chi connectivity index (χ0n) is 11.5. The van der Waals surface area contributed by atoms with Gasteiger partial charge in [0.1, 0.15) is 0 Å². The van der Waals surface area contributed by atoms with E-state index in [1.54, 1.807) is 0 Å². The van der Waals surface area contributed by atoms with Crippen LogP contribution in [0.2, 0.25) is 5.02 Å². The first-order valence-electron chi connectivity index (χ1n) is 6.80. The van der Waals surface area contributed by atoms with Crippen molar-refractivity contribution in [3.05, 3.63) is 39.9 Å². The highest BCUT2D eigenvalue weighted by atomic mass is 35.5. The van der Waals surface area contributed by atoms with E-state index in [0.717, 1.165) is 30.1 Å². The molecule has 1 aromatic rings. The van der Waals surface area contributed by atoms with Crippen LogP contribution in [-0.2, 0) is 6.42 Å². The van der Waals surface area contributed by atoms with Crippen molar-refractivity contribution in [2.75, 3.05) is 13.1 Å². The first-order chi connectivity index (χ1) is 8.65. The third-order valence-electron chi connectivity index (χ3n) is 4.70. The molecule has 0 spiro atoms. The number of fused-ring (bicyclic) bond motifs is 3. The molecule has 0 aromatic heterocycles. The number of benzene rings is 1. The van der Waals surface area contributed by atoms with Crippen molar-refractivity contribution in [3.8, 4) is 0 Å². The van der Waals surface area contributed by atoms with Gasteiger partial charge in [-0.2, -0.15) is 0 Å². The van der Waals surface area contributed by atoms with Crippen LogP contribution >= 0.6 is 24.0 Å². The van der Waals surface area contributed by atoms with Crippen molar-refractivity contribution in [1.82, 2.24) is 5.32 Å². The molecule has 0 bridgehead atoms. The fourth-order valence-electron chi connectivity index (χ4n) is 3.57. The molecular formula is C16H21Cl2N. The van der Waals surface area contributed by atoms with E-state index in [9.17, 15) is 0 Å². The Kier molecular flexibility index (Phi) is 4.29. The van der Waals surface area contributed by atoms with Gasteiger partial charge in [-0.05, 0) is 41.9 Å². The molecular weight excluding hydrogens is 277 g/mol. The van der Waals surface area contributed by atoms with Crippen molar-refractivity contribution in [1.29, 1.82) is 0 Å². The Labute approximate surface area is 126 Å². The molecule has 3 rings (SSSR count). The second kappa shape index (κ2) is 5.47. The number of allylic oxidation sites excluding steroid dienone is 1. The lowest BCUT2D eigenvalue weighted by molar-refractivity contribution is 0.277. The van der Waals surface area contributed by atoms with Gasteiger partial charge in [0.2, 0.25) is 0 Å². The summed E-state index contributed by atoms with van der Waals surface area (Å²) >= 11 is 6.57. The summed E-state index contributed by atoms with van der Waals surface area (Å²) in [4.78, 5) is 0. The van der Waals surface area contributed by atoms with Crippen LogP contribution in [0.25, 0.3) is 6.08 Å². The van der Waals surface area contributed by atoms with E-state index < -0.39 is 0 Å². The SMILES string of the molecule is C/C=C\c1ccc2c(c1Cl)CCC1(C)CNCC21.Cl. The lowest BCUT2D eigenvalue weighted by Gasteiger charge is -2.37. The van der Waals surface area contributed by atoms with Gasteiger partial charge in [-0.25, -0.2) is 0 Å². The van der Waals surface area contributed by atoms with E-state index in [2.05, 4.69) is 36.5 Å². The van der Waals surface area contributed by atoms with E-state index in [1.165, 1.54) is 17.5 Å². The molecule has 104 valence electrons. The van der Waals surface area contributed by atoms with Gasteiger partial charge in [-0.15, -0.1) is 12.4 Å². The third-order valence-corrected chi connectivity index (χ3v) is 5.14. The standard InChI is InChI=1S/C16H20ClN.ClH/c1-3-4-11-5-6-12-13(15(11)17)7-8-16(2)10-18-9-14(12)16;/h3-6,14,18H,7-10H2,1-2H3;1H/b4-3-;. The van der Waals surface area contributed by atoms with E-state index in [-0.39, 0.29) is 12.4 Å². The second-order valence-electron chi connectivity index (χ2n) is 5.87. The minimum Gasteiger partial charge on any atom is -0.316 e. The van der Waals surface area contributed by atoms with Crippen LogP contribution in [0.5, 0.6) is 0 Å². The van der Waals surface area contributed by atoms with Crippen LogP contribution < -0.4 is 5.32 Å². The average Bonchev–Trinajstić information content (AvgIpc) is 2.75. The molecule has 1 aliphatic heterocycles. The van der Waals surface area contributed by atoms with Crippen molar-refractivity contribution < 1.29 is 0 Å². The molecule has 19 heavy (non-hydrogen) atoms. The Balaban J connectivity index is 0.00000133. The van der Waals surface area contributed by atoms with E-state index in [1.807, 2.05) is 6.92 Å². The predicted molar refractivity (Wildman–Crippen MR) is 85.4 cm³/mol. The number of halogens is 2. The average molecular weight is 298 g/mol.